The van der Waals surface area contributed by atoms with E-state index in [0.717, 1.165) is 0 Å². The molecule has 6 nitrogen and oxygen atoms in total. The largest absolute Gasteiger partial charge is 0.367 e. The third-order valence-corrected chi connectivity index (χ3v) is 1.30. The van der Waals surface area contributed by atoms with Crippen LogP contribution in [0.15, 0.2) is 12.5 Å². The van der Waals surface area contributed by atoms with E-state index in [4.69, 9.17) is 11.6 Å². The Bertz CT molecular complexity index is 357. The first-order valence-electron chi connectivity index (χ1n) is 2.70. The van der Waals surface area contributed by atoms with E-state index in [-0.39, 0.29) is 5.95 Å². The number of rotatable bonds is 0. The highest BCUT2D eigenvalue weighted by Crippen LogP contribution is 2.01. The lowest BCUT2D eigenvalue weighted by Gasteiger charge is -1.92. The van der Waals surface area contributed by atoms with Gasteiger partial charge in [-0.3, -0.25) is 0 Å². The number of anilines is 1. The molecule has 0 radical (unpaired) electrons. The number of aromatic nitrogens is 4. The van der Waals surface area contributed by atoms with Gasteiger partial charge in [0.05, 0.1) is 6.20 Å². The van der Waals surface area contributed by atoms with Crippen molar-refractivity contribution < 1.29 is 0 Å². The molecule has 2 heterocycles. The molecule has 6 heteroatoms. The number of imidazole rings is 1. The van der Waals surface area contributed by atoms with Gasteiger partial charge in [0.25, 0.3) is 0 Å². The maximum atomic E-state index is 5.43. The van der Waals surface area contributed by atoms with Crippen molar-refractivity contribution in [3.8, 4) is 0 Å². The smallest absolute Gasteiger partial charge is 0.237 e. The van der Waals surface area contributed by atoms with Gasteiger partial charge in [0, 0.05) is 0 Å². The molecule has 4 N–H and O–H groups in total. The lowest BCUT2D eigenvalue weighted by atomic mass is 10.8. The summed E-state index contributed by atoms with van der Waals surface area (Å²) < 4.78 is 1.55. The van der Waals surface area contributed by atoms with Crippen LogP contribution in [-0.4, -0.2) is 19.3 Å². The highest BCUT2D eigenvalue weighted by molar-refractivity contribution is 5.39. The molecule has 0 aliphatic heterocycles. The molecule has 0 spiro atoms. The van der Waals surface area contributed by atoms with Crippen molar-refractivity contribution in [1.29, 1.82) is 0 Å². The van der Waals surface area contributed by atoms with E-state index in [0.29, 0.717) is 5.65 Å². The summed E-state index contributed by atoms with van der Waals surface area (Å²) in [6.45, 7) is 0. The Kier molecular flexibility index (Phi) is 0.717. The van der Waals surface area contributed by atoms with Crippen LogP contribution in [0.1, 0.15) is 0 Å². The van der Waals surface area contributed by atoms with Crippen LogP contribution in [0.2, 0.25) is 0 Å². The Morgan fingerprint density at radius 2 is 2.30 bits per heavy atom. The highest BCUT2D eigenvalue weighted by atomic mass is 15.6. The van der Waals surface area contributed by atoms with Crippen LogP contribution in [0.3, 0.4) is 0 Å². The van der Waals surface area contributed by atoms with E-state index in [1.165, 1.54) is 4.79 Å². The quantitative estimate of drug-likeness (QED) is 0.449. The van der Waals surface area contributed by atoms with Crippen LogP contribution < -0.4 is 11.6 Å². The topological polar surface area (TPSA) is 87.2 Å². The fourth-order valence-corrected chi connectivity index (χ4v) is 0.807. The second-order valence-corrected chi connectivity index (χ2v) is 1.91. The number of nitrogens with two attached hydrogens (primary N) is 2. The first-order valence-corrected chi connectivity index (χ1v) is 2.70. The van der Waals surface area contributed by atoms with Crippen LogP contribution in [0.25, 0.3) is 5.65 Å². The first kappa shape index (κ1) is 5.10. The summed E-state index contributed by atoms with van der Waals surface area (Å²) >= 11 is 0. The van der Waals surface area contributed by atoms with Crippen molar-refractivity contribution in [3.63, 3.8) is 0 Å². The van der Waals surface area contributed by atoms with E-state index in [2.05, 4.69) is 9.97 Å². The van der Waals surface area contributed by atoms with Gasteiger partial charge in [0.1, 0.15) is 6.33 Å². The normalized spacial score (nSPS) is 10.8. The fourth-order valence-electron chi connectivity index (χ4n) is 0.807. The third kappa shape index (κ3) is 0.426. The van der Waals surface area contributed by atoms with E-state index in [1.54, 1.807) is 17.0 Å². The van der Waals surface area contributed by atoms with E-state index >= 15 is 0 Å². The van der Waals surface area contributed by atoms with Crippen molar-refractivity contribution in [1.82, 2.24) is 19.3 Å². The summed E-state index contributed by atoms with van der Waals surface area (Å²) in [7, 11) is 0. The maximum Gasteiger partial charge on any atom is 0.237 e. The molecule has 0 fully saturated rings. The second kappa shape index (κ2) is 1.41. The summed E-state index contributed by atoms with van der Waals surface area (Å²) in [6, 6.07) is 0. The minimum Gasteiger partial charge on any atom is -0.367 e. The Morgan fingerprint density at radius 1 is 1.50 bits per heavy atom. The molecule has 0 amide bonds. The average molecular weight is 138 g/mol. The van der Waals surface area contributed by atoms with Crippen LogP contribution in [0.4, 0.5) is 5.95 Å². The SMILES string of the molecule is Nc1nc2cncn2n1N. The van der Waals surface area contributed by atoms with E-state index < -0.39 is 0 Å². The van der Waals surface area contributed by atoms with Gasteiger partial charge in [-0.2, -0.15) is 9.77 Å². The van der Waals surface area contributed by atoms with Crippen molar-refractivity contribution in [3.05, 3.63) is 12.5 Å². The minimum atomic E-state index is 0.275. The predicted molar refractivity (Wildman–Crippen MR) is 35.5 cm³/mol. The predicted octanol–water partition coefficient (Wildman–Crippen LogP) is -1.17. The molecule has 2 rings (SSSR count). The second-order valence-electron chi connectivity index (χ2n) is 1.91. The molecule has 0 aromatic carbocycles. The molecular formula is C4H6N6. The van der Waals surface area contributed by atoms with Crippen LogP contribution in [0, 0.1) is 0 Å². The van der Waals surface area contributed by atoms with Gasteiger partial charge < -0.3 is 11.6 Å². The van der Waals surface area contributed by atoms with Gasteiger partial charge in [-0.1, -0.05) is 0 Å². The van der Waals surface area contributed by atoms with Crippen molar-refractivity contribution in [2.75, 3.05) is 11.6 Å². The number of fused-ring (bicyclic) bond motifs is 1. The Balaban J connectivity index is 2.95. The maximum absolute atomic E-state index is 5.43. The van der Waals surface area contributed by atoms with Crippen LogP contribution in [-0.2, 0) is 0 Å². The summed E-state index contributed by atoms with van der Waals surface area (Å²) in [5, 5.41) is 0. The molecular weight excluding hydrogens is 132 g/mol. The Morgan fingerprint density at radius 3 is 3.00 bits per heavy atom. The zero-order valence-corrected chi connectivity index (χ0v) is 5.10. The summed E-state index contributed by atoms with van der Waals surface area (Å²) in [6.07, 6.45) is 3.12. The van der Waals surface area contributed by atoms with Gasteiger partial charge in [0.15, 0.2) is 5.65 Å². The molecule has 0 aliphatic carbocycles. The molecule has 2 aromatic rings. The van der Waals surface area contributed by atoms with Crippen molar-refractivity contribution >= 4 is 11.6 Å². The highest BCUT2D eigenvalue weighted by Gasteiger charge is 2.02. The monoisotopic (exact) mass is 138 g/mol. The number of hydrogen-bond donors (Lipinski definition) is 2. The Labute approximate surface area is 56.0 Å². The number of hydrogen-bond acceptors (Lipinski definition) is 4. The van der Waals surface area contributed by atoms with E-state index in [1.807, 2.05) is 0 Å². The van der Waals surface area contributed by atoms with Gasteiger partial charge in [-0.15, -0.1) is 0 Å². The standard InChI is InChI=1S/C4H6N6/c5-4-8-3-1-7-2-9(3)10(4)6/h1-2H,6H2,(H2,5,8). The van der Waals surface area contributed by atoms with Gasteiger partial charge in [-0.05, 0) is 0 Å². The van der Waals surface area contributed by atoms with Gasteiger partial charge in [-0.25, -0.2) is 9.50 Å². The molecule has 0 saturated carbocycles. The van der Waals surface area contributed by atoms with Gasteiger partial charge >= 0.3 is 0 Å². The number of nitrogen functional groups attached to an aromatic ring is 2. The summed E-state index contributed by atoms with van der Waals surface area (Å²) in [5.74, 6) is 5.71. The zero-order valence-electron chi connectivity index (χ0n) is 5.10. The number of nitrogens with zero attached hydrogens (tertiary/aromatic N) is 4. The summed E-state index contributed by atoms with van der Waals surface area (Å²) in [4.78, 5) is 8.92. The fraction of sp³-hybridized carbons (Fsp3) is 0. The van der Waals surface area contributed by atoms with E-state index in [9.17, 15) is 0 Å². The first-order chi connectivity index (χ1) is 4.79. The van der Waals surface area contributed by atoms with Crippen molar-refractivity contribution in [2.24, 2.45) is 0 Å². The molecule has 52 valence electrons. The molecule has 0 aliphatic rings. The summed E-state index contributed by atoms with van der Waals surface area (Å²) in [5.41, 5.74) is 6.03. The molecule has 0 saturated heterocycles. The molecule has 0 unspecified atom stereocenters. The zero-order chi connectivity index (χ0) is 7.14. The van der Waals surface area contributed by atoms with Gasteiger partial charge in [0.2, 0.25) is 5.95 Å². The molecule has 0 atom stereocenters. The van der Waals surface area contributed by atoms with Crippen molar-refractivity contribution in [2.45, 2.75) is 0 Å². The lowest BCUT2D eigenvalue weighted by Crippen LogP contribution is -2.16. The van der Waals surface area contributed by atoms with Crippen LogP contribution in [0.5, 0.6) is 0 Å². The molecule has 2 aromatic heterocycles. The third-order valence-electron chi connectivity index (χ3n) is 1.30. The van der Waals surface area contributed by atoms with Crippen LogP contribution >= 0.6 is 0 Å². The average Bonchev–Trinajstić information content (AvgIpc) is 2.41. The lowest BCUT2D eigenvalue weighted by molar-refractivity contribution is 0.765. The Hall–Kier alpha value is -1.72. The minimum absolute atomic E-state index is 0.275. The molecule has 0 bridgehead atoms. The molecule has 10 heavy (non-hydrogen) atoms.